The van der Waals surface area contributed by atoms with Crippen LogP contribution in [0.15, 0.2) is 47.5 Å². The predicted molar refractivity (Wildman–Crippen MR) is 101 cm³/mol. The molecule has 1 saturated heterocycles. The van der Waals surface area contributed by atoms with E-state index in [1.165, 1.54) is 6.07 Å². The molecule has 0 aromatic heterocycles. The smallest absolute Gasteiger partial charge is 0.323 e. The molecule has 2 aromatic rings. The van der Waals surface area contributed by atoms with Crippen molar-refractivity contribution in [2.45, 2.75) is 18.9 Å². The van der Waals surface area contributed by atoms with Crippen LogP contribution in [-0.4, -0.2) is 22.5 Å². The summed E-state index contributed by atoms with van der Waals surface area (Å²) in [4.78, 5) is 17.3. The van der Waals surface area contributed by atoms with Crippen LogP contribution in [-0.2, 0) is 17.5 Å². The highest BCUT2D eigenvalue weighted by Crippen LogP contribution is 2.32. The molecule has 3 rings (SSSR count). The fourth-order valence-corrected chi connectivity index (χ4v) is 3.56. The minimum atomic E-state index is -4.44. The average molecular weight is 434 g/mol. The van der Waals surface area contributed by atoms with Crippen LogP contribution in [0.2, 0.25) is 10.0 Å². The molecule has 1 fully saturated rings. The maximum Gasteiger partial charge on any atom is 0.416 e. The second kappa shape index (κ2) is 8.10. The Morgan fingerprint density at radius 2 is 1.96 bits per heavy atom. The highest BCUT2D eigenvalue weighted by molar-refractivity contribution is 8.12. The van der Waals surface area contributed by atoms with Crippen LogP contribution in [0.3, 0.4) is 0 Å². The molecule has 1 heterocycles. The number of rotatable bonds is 4. The zero-order chi connectivity index (χ0) is 19.6. The van der Waals surface area contributed by atoms with Gasteiger partial charge in [-0.3, -0.25) is 4.79 Å². The van der Waals surface area contributed by atoms with E-state index in [0.29, 0.717) is 32.7 Å². The normalized spacial score (nSPS) is 18.9. The molecule has 1 aliphatic rings. The monoisotopic (exact) mass is 433 g/mol. The first-order valence-corrected chi connectivity index (χ1v) is 9.19. The van der Waals surface area contributed by atoms with Crippen LogP contribution >= 0.6 is 35.1 Å². The molecule has 10 heteroatoms. The van der Waals surface area contributed by atoms with Crippen molar-refractivity contribution in [1.29, 1.82) is 0 Å². The first kappa shape index (κ1) is 20.0. The standard InChI is InChI=1S/C17H12Cl2F3N3OS/c18-13-5-4-12(7-14(13)19)23-16-25(15(9-26)24-27-16)8-10-2-1-3-11(6-10)17(20,21)22/h1-7,9,15,24H,8H2. The summed E-state index contributed by atoms with van der Waals surface area (Å²) in [7, 11) is 0. The Morgan fingerprint density at radius 1 is 1.19 bits per heavy atom. The molecule has 27 heavy (non-hydrogen) atoms. The molecule has 0 saturated carbocycles. The number of hydrogen-bond acceptors (Lipinski definition) is 4. The van der Waals surface area contributed by atoms with Gasteiger partial charge in [0.15, 0.2) is 11.5 Å². The third kappa shape index (κ3) is 4.76. The Kier molecular flexibility index (Phi) is 6.00. The van der Waals surface area contributed by atoms with E-state index in [0.717, 1.165) is 24.1 Å². The number of nitrogens with zero attached hydrogens (tertiary/aromatic N) is 2. The number of nitrogens with one attached hydrogen (secondary N) is 1. The zero-order valence-corrected chi connectivity index (χ0v) is 15.8. The average Bonchev–Trinajstić information content (AvgIpc) is 2.99. The van der Waals surface area contributed by atoms with Crippen LogP contribution in [0.5, 0.6) is 0 Å². The maximum atomic E-state index is 12.9. The second-order valence-electron chi connectivity index (χ2n) is 5.62. The third-order valence-corrected chi connectivity index (χ3v) is 5.32. The van der Waals surface area contributed by atoms with Gasteiger partial charge in [-0.2, -0.15) is 13.2 Å². The minimum absolute atomic E-state index is 0.0769. The third-order valence-electron chi connectivity index (χ3n) is 3.72. The number of halogens is 5. The largest absolute Gasteiger partial charge is 0.416 e. The van der Waals surface area contributed by atoms with Gasteiger partial charge in [0.2, 0.25) is 0 Å². The molecule has 0 spiro atoms. The highest BCUT2D eigenvalue weighted by Gasteiger charge is 2.32. The number of alkyl halides is 3. The van der Waals surface area contributed by atoms with E-state index in [2.05, 4.69) is 9.71 Å². The molecule has 0 radical (unpaired) electrons. The number of aliphatic imine (C=N–C) groups is 1. The van der Waals surface area contributed by atoms with E-state index in [1.54, 1.807) is 29.2 Å². The number of carbonyl (C=O) groups excluding carboxylic acids is 1. The highest BCUT2D eigenvalue weighted by atomic mass is 35.5. The number of benzene rings is 2. The van der Waals surface area contributed by atoms with Gasteiger partial charge < -0.3 is 4.90 Å². The van der Waals surface area contributed by atoms with Crippen LogP contribution in [0.1, 0.15) is 11.1 Å². The van der Waals surface area contributed by atoms with Crippen LogP contribution in [0.25, 0.3) is 0 Å². The molecular formula is C17H12Cl2F3N3OS. The second-order valence-corrected chi connectivity index (χ2v) is 7.24. The number of carbonyl (C=O) groups is 1. The Labute approximate surface area is 167 Å². The lowest BCUT2D eigenvalue weighted by atomic mass is 10.1. The fraction of sp³-hybridized carbons (Fsp3) is 0.176. The number of hydrogen-bond donors (Lipinski definition) is 1. The first-order valence-electron chi connectivity index (χ1n) is 7.62. The lowest BCUT2D eigenvalue weighted by Gasteiger charge is -2.22. The molecule has 4 nitrogen and oxygen atoms in total. The topological polar surface area (TPSA) is 44.7 Å². The summed E-state index contributed by atoms with van der Waals surface area (Å²) >= 11 is 13.0. The van der Waals surface area contributed by atoms with E-state index in [1.807, 2.05) is 0 Å². The summed E-state index contributed by atoms with van der Waals surface area (Å²) in [5.41, 5.74) is 0.169. The molecule has 1 unspecified atom stereocenters. The Morgan fingerprint density at radius 3 is 2.63 bits per heavy atom. The number of amidine groups is 1. The molecule has 1 atom stereocenters. The predicted octanol–water partition coefficient (Wildman–Crippen LogP) is 5.28. The van der Waals surface area contributed by atoms with Gasteiger partial charge in [-0.1, -0.05) is 35.3 Å². The van der Waals surface area contributed by atoms with Gasteiger partial charge in [0.1, 0.15) is 6.17 Å². The van der Waals surface area contributed by atoms with Gasteiger partial charge >= 0.3 is 6.18 Å². The van der Waals surface area contributed by atoms with Gasteiger partial charge in [0.05, 0.1) is 21.3 Å². The molecule has 0 bridgehead atoms. The maximum absolute atomic E-state index is 12.9. The van der Waals surface area contributed by atoms with E-state index < -0.39 is 17.9 Å². The fourth-order valence-electron chi connectivity index (χ4n) is 2.42. The first-order chi connectivity index (χ1) is 12.8. The Balaban J connectivity index is 1.89. The molecule has 0 amide bonds. The van der Waals surface area contributed by atoms with Crippen LogP contribution < -0.4 is 4.72 Å². The van der Waals surface area contributed by atoms with Crippen molar-refractivity contribution in [3.8, 4) is 0 Å². The van der Waals surface area contributed by atoms with Crippen molar-refractivity contribution >= 4 is 52.3 Å². The van der Waals surface area contributed by atoms with E-state index >= 15 is 0 Å². The van der Waals surface area contributed by atoms with E-state index in [-0.39, 0.29) is 6.54 Å². The lowest BCUT2D eigenvalue weighted by molar-refractivity contribution is -0.137. The molecular weight excluding hydrogens is 422 g/mol. The summed E-state index contributed by atoms with van der Waals surface area (Å²) in [6.07, 6.45) is -4.49. The van der Waals surface area contributed by atoms with Gasteiger partial charge in [-0.05, 0) is 47.8 Å². The molecule has 0 aliphatic carbocycles. The van der Waals surface area contributed by atoms with Crippen LogP contribution in [0.4, 0.5) is 18.9 Å². The lowest BCUT2D eigenvalue weighted by Crippen LogP contribution is -2.38. The zero-order valence-electron chi connectivity index (χ0n) is 13.5. The van der Waals surface area contributed by atoms with Crippen molar-refractivity contribution in [2.75, 3.05) is 0 Å². The summed E-state index contributed by atoms with van der Waals surface area (Å²) in [5.74, 6) is 0. The summed E-state index contributed by atoms with van der Waals surface area (Å²) in [5, 5.41) is 1.14. The van der Waals surface area contributed by atoms with Crippen molar-refractivity contribution in [2.24, 2.45) is 4.99 Å². The van der Waals surface area contributed by atoms with Crippen molar-refractivity contribution in [3.63, 3.8) is 0 Å². The van der Waals surface area contributed by atoms with Gasteiger partial charge in [0, 0.05) is 6.54 Å². The van der Waals surface area contributed by atoms with Crippen molar-refractivity contribution in [1.82, 2.24) is 9.62 Å². The Hall–Kier alpha value is -1.74. The van der Waals surface area contributed by atoms with Crippen molar-refractivity contribution < 1.29 is 18.0 Å². The van der Waals surface area contributed by atoms with Gasteiger partial charge in [0.25, 0.3) is 0 Å². The molecule has 142 valence electrons. The SMILES string of the molecule is O=CC1NSC(=Nc2ccc(Cl)c(Cl)c2)N1Cc1cccc(C(F)(F)F)c1. The molecule has 2 aromatic carbocycles. The van der Waals surface area contributed by atoms with E-state index in [9.17, 15) is 18.0 Å². The quantitative estimate of drug-likeness (QED) is 0.526. The summed E-state index contributed by atoms with van der Waals surface area (Å²) < 4.78 is 41.7. The van der Waals surface area contributed by atoms with Gasteiger partial charge in [-0.25, -0.2) is 9.71 Å². The Bertz CT molecular complexity index is 892. The molecule has 1 N–H and O–H groups in total. The minimum Gasteiger partial charge on any atom is -0.323 e. The summed E-state index contributed by atoms with van der Waals surface area (Å²) in [6.45, 7) is 0.0769. The molecule has 1 aliphatic heterocycles. The van der Waals surface area contributed by atoms with Gasteiger partial charge in [-0.15, -0.1) is 0 Å². The number of aldehydes is 1. The van der Waals surface area contributed by atoms with Crippen molar-refractivity contribution in [3.05, 3.63) is 63.6 Å². The van der Waals surface area contributed by atoms with E-state index in [4.69, 9.17) is 23.2 Å². The summed E-state index contributed by atoms with van der Waals surface area (Å²) in [6, 6.07) is 9.76. The van der Waals surface area contributed by atoms with Crippen LogP contribution in [0, 0.1) is 0 Å².